The van der Waals surface area contributed by atoms with Crippen molar-refractivity contribution < 1.29 is 4.74 Å². The highest BCUT2D eigenvalue weighted by atomic mass is 32.1. The Balaban J connectivity index is 1.32. The lowest BCUT2D eigenvalue weighted by atomic mass is 9.33. The second-order valence-electron chi connectivity index (χ2n) is 12.4. The summed E-state index contributed by atoms with van der Waals surface area (Å²) >= 11 is 1.93. The summed E-state index contributed by atoms with van der Waals surface area (Å²) in [5, 5.41) is 1.41. The molecule has 3 nitrogen and oxygen atoms in total. The van der Waals surface area contributed by atoms with Crippen molar-refractivity contribution in [2.45, 2.75) is 26.2 Å². The smallest absolute Gasteiger partial charge is 0.252 e. The highest BCUT2D eigenvalue weighted by molar-refractivity contribution is 7.20. The minimum atomic E-state index is 0.0935. The molecule has 0 unspecified atom stereocenters. The van der Waals surface area contributed by atoms with Crippen molar-refractivity contribution in [3.63, 3.8) is 0 Å². The number of hydrogen-bond donors (Lipinski definition) is 0. The van der Waals surface area contributed by atoms with Crippen LogP contribution in [0.15, 0.2) is 103 Å². The molecule has 1 saturated heterocycles. The van der Waals surface area contributed by atoms with Crippen molar-refractivity contribution >= 4 is 61.6 Å². The number of rotatable bonds is 4. The van der Waals surface area contributed by atoms with E-state index in [1.54, 1.807) is 0 Å². The number of fused-ring (bicyclic) bond motifs is 4. The van der Waals surface area contributed by atoms with Gasteiger partial charge < -0.3 is 14.5 Å². The predicted octanol–water partition coefficient (Wildman–Crippen LogP) is 8.24. The van der Waals surface area contributed by atoms with Gasteiger partial charge in [-0.05, 0) is 95.6 Å². The molecule has 5 aromatic carbocycles. The minimum absolute atomic E-state index is 0.0935. The summed E-state index contributed by atoms with van der Waals surface area (Å²) in [6.45, 7) is 4.62. The Bertz CT molecular complexity index is 2060. The molecule has 0 spiro atoms. The molecule has 0 atom stereocenters. The molecule has 0 bridgehead atoms. The van der Waals surface area contributed by atoms with Gasteiger partial charge in [0.2, 0.25) is 0 Å². The quantitative estimate of drug-likeness (QED) is 0.193. The fraction of sp³-hybridized carbons (Fsp3) is 0.179. The lowest BCUT2D eigenvalue weighted by molar-refractivity contribution is 0.487. The number of aryl methyl sites for hydroxylation is 1. The van der Waals surface area contributed by atoms with Gasteiger partial charge in [-0.2, -0.15) is 0 Å². The maximum Gasteiger partial charge on any atom is 0.252 e. The molecule has 5 heteroatoms. The fourth-order valence-electron chi connectivity index (χ4n) is 7.72. The SMILES string of the molecule is Cc1sc2cc(N(C)c3ccccc3)cc3c2c1-c1cc(N2CCCCC2)cc2c1B3c1cc(-c3ccccc3)ccc1O2. The minimum Gasteiger partial charge on any atom is -0.458 e. The van der Waals surface area contributed by atoms with Crippen LogP contribution in [0.25, 0.3) is 32.3 Å². The Morgan fingerprint density at radius 1 is 0.727 bits per heavy atom. The van der Waals surface area contributed by atoms with E-state index in [0.717, 1.165) is 24.6 Å². The number of thiophene rings is 1. The summed E-state index contributed by atoms with van der Waals surface area (Å²) in [5.74, 6) is 1.98. The highest BCUT2D eigenvalue weighted by Crippen LogP contribution is 2.46. The van der Waals surface area contributed by atoms with Crippen LogP contribution in [0, 0.1) is 6.92 Å². The summed E-state index contributed by atoms with van der Waals surface area (Å²) in [6, 6.07) is 37.8. The molecule has 1 aromatic heterocycles. The van der Waals surface area contributed by atoms with Crippen LogP contribution in [0.5, 0.6) is 11.5 Å². The normalized spacial score (nSPS) is 14.7. The molecule has 0 N–H and O–H groups in total. The van der Waals surface area contributed by atoms with Crippen molar-refractivity contribution in [3.8, 4) is 33.8 Å². The van der Waals surface area contributed by atoms with E-state index < -0.39 is 0 Å². The van der Waals surface area contributed by atoms with Crippen LogP contribution in [0.4, 0.5) is 17.1 Å². The first-order valence-electron chi connectivity index (χ1n) is 15.8. The van der Waals surface area contributed by atoms with Crippen molar-refractivity contribution in [2.75, 3.05) is 29.9 Å². The van der Waals surface area contributed by atoms with Gasteiger partial charge >= 0.3 is 0 Å². The second-order valence-corrected chi connectivity index (χ2v) is 13.7. The zero-order chi connectivity index (χ0) is 29.4. The average Bonchev–Trinajstić information content (AvgIpc) is 3.42. The standard InChI is InChI=1S/C39H33BN2OS/c1-25-37-31-21-30(42-18-10-5-11-19-42)23-35-39(31)40(32-20-27(16-17-34(32)43-35)26-12-6-3-7-13-26)33-22-29(24-36(44-25)38(33)37)41(2)28-14-8-4-9-15-28/h3-4,6-9,12-17,20-24H,5,10-11,18-19H2,1-2H3. The molecule has 0 aliphatic carbocycles. The molecular formula is C39H33BN2OS. The summed E-state index contributed by atoms with van der Waals surface area (Å²) in [6.07, 6.45) is 3.83. The lowest BCUT2D eigenvalue weighted by Gasteiger charge is -2.36. The van der Waals surface area contributed by atoms with E-state index in [9.17, 15) is 0 Å². The van der Waals surface area contributed by atoms with Crippen molar-refractivity contribution in [2.24, 2.45) is 0 Å². The summed E-state index contributed by atoms with van der Waals surface area (Å²) in [5.41, 5.74) is 12.9. The molecule has 3 aliphatic heterocycles. The summed E-state index contributed by atoms with van der Waals surface area (Å²) in [4.78, 5) is 6.27. The van der Waals surface area contributed by atoms with E-state index in [2.05, 4.69) is 127 Å². The lowest BCUT2D eigenvalue weighted by Crippen LogP contribution is -2.57. The van der Waals surface area contributed by atoms with E-state index >= 15 is 0 Å². The third-order valence-electron chi connectivity index (χ3n) is 9.88. The van der Waals surface area contributed by atoms with Gasteiger partial charge in [-0.3, -0.25) is 0 Å². The van der Waals surface area contributed by atoms with E-state index in [4.69, 9.17) is 4.74 Å². The fourth-order valence-corrected chi connectivity index (χ4v) is 8.86. The molecule has 0 radical (unpaired) electrons. The predicted molar refractivity (Wildman–Crippen MR) is 189 cm³/mol. The third-order valence-corrected chi connectivity index (χ3v) is 10.9. The zero-order valence-corrected chi connectivity index (χ0v) is 26.0. The topological polar surface area (TPSA) is 15.7 Å². The Hall–Kier alpha value is -4.48. The van der Waals surface area contributed by atoms with E-state index in [0.29, 0.717) is 0 Å². The molecule has 214 valence electrons. The van der Waals surface area contributed by atoms with Crippen LogP contribution in [0.2, 0.25) is 0 Å². The van der Waals surface area contributed by atoms with Gasteiger partial charge in [0.25, 0.3) is 6.71 Å². The number of piperidine rings is 1. The Labute approximate surface area is 263 Å². The molecule has 6 aromatic rings. The van der Waals surface area contributed by atoms with Crippen LogP contribution in [0.3, 0.4) is 0 Å². The van der Waals surface area contributed by atoms with Crippen LogP contribution >= 0.6 is 11.3 Å². The Morgan fingerprint density at radius 2 is 1.50 bits per heavy atom. The first kappa shape index (κ1) is 26.0. The first-order valence-corrected chi connectivity index (χ1v) is 16.6. The summed E-state index contributed by atoms with van der Waals surface area (Å²) in [7, 11) is 2.18. The third kappa shape index (κ3) is 3.95. The van der Waals surface area contributed by atoms with Crippen LogP contribution < -0.4 is 30.9 Å². The van der Waals surface area contributed by atoms with Crippen molar-refractivity contribution in [1.82, 2.24) is 0 Å². The highest BCUT2D eigenvalue weighted by Gasteiger charge is 2.41. The number of ether oxygens (including phenoxy) is 1. The maximum atomic E-state index is 6.89. The number of para-hydroxylation sites is 1. The molecule has 9 rings (SSSR count). The second kappa shape index (κ2) is 10.0. The molecule has 3 aliphatic rings. The molecule has 0 amide bonds. The van der Waals surface area contributed by atoms with Gasteiger partial charge in [0, 0.05) is 58.4 Å². The van der Waals surface area contributed by atoms with Crippen LogP contribution in [-0.2, 0) is 0 Å². The van der Waals surface area contributed by atoms with Gasteiger partial charge in [0.05, 0.1) is 0 Å². The van der Waals surface area contributed by atoms with Crippen LogP contribution in [-0.4, -0.2) is 26.8 Å². The Kier molecular flexibility index (Phi) is 5.92. The van der Waals surface area contributed by atoms with Gasteiger partial charge in [0.15, 0.2) is 0 Å². The number of benzene rings is 5. The number of hydrogen-bond acceptors (Lipinski definition) is 4. The van der Waals surface area contributed by atoms with E-state index in [-0.39, 0.29) is 6.71 Å². The maximum absolute atomic E-state index is 6.89. The number of anilines is 3. The molecular weight excluding hydrogens is 555 g/mol. The number of nitrogens with zero attached hydrogens (tertiary/aromatic N) is 2. The first-order chi connectivity index (χ1) is 21.6. The summed E-state index contributed by atoms with van der Waals surface area (Å²) < 4.78 is 8.24. The van der Waals surface area contributed by atoms with Gasteiger partial charge in [0.1, 0.15) is 11.5 Å². The molecule has 0 saturated carbocycles. The van der Waals surface area contributed by atoms with Crippen molar-refractivity contribution in [3.05, 3.63) is 108 Å². The zero-order valence-electron chi connectivity index (χ0n) is 25.1. The van der Waals surface area contributed by atoms with E-state index in [1.165, 1.54) is 89.9 Å². The van der Waals surface area contributed by atoms with Crippen molar-refractivity contribution in [1.29, 1.82) is 0 Å². The molecule has 1 fully saturated rings. The molecule has 4 heterocycles. The van der Waals surface area contributed by atoms with E-state index in [1.807, 2.05) is 11.3 Å². The van der Waals surface area contributed by atoms with Gasteiger partial charge in [-0.1, -0.05) is 66.1 Å². The average molecular weight is 589 g/mol. The Morgan fingerprint density at radius 3 is 2.30 bits per heavy atom. The largest absolute Gasteiger partial charge is 0.458 e. The van der Waals surface area contributed by atoms with Gasteiger partial charge in [-0.25, -0.2) is 0 Å². The monoisotopic (exact) mass is 588 g/mol. The van der Waals surface area contributed by atoms with Gasteiger partial charge in [-0.15, -0.1) is 11.3 Å². The molecule has 44 heavy (non-hydrogen) atoms. The van der Waals surface area contributed by atoms with Crippen LogP contribution in [0.1, 0.15) is 24.1 Å².